The van der Waals surface area contributed by atoms with Gasteiger partial charge in [-0.25, -0.2) is 18.1 Å². The van der Waals surface area contributed by atoms with Gasteiger partial charge in [0.1, 0.15) is 5.52 Å². The number of benzene rings is 2. The van der Waals surface area contributed by atoms with Gasteiger partial charge >= 0.3 is 0 Å². The van der Waals surface area contributed by atoms with Crippen molar-refractivity contribution >= 4 is 26.9 Å². The van der Waals surface area contributed by atoms with Gasteiger partial charge < -0.3 is 4.42 Å². The van der Waals surface area contributed by atoms with Crippen LogP contribution in [0.1, 0.15) is 67.1 Å². The standard InChI is InChI=1S/C25H30N2O4S/c28-24(25-27-22-13-7-8-14-23(22)31-25)21(20-11-5-2-6-12-20)15-17-26-32(29,30)18-16-19-9-3-1-4-10-19/h2,5-8,11-14,19,21,26H,1,3-4,9-10,15-18H2. The van der Waals surface area contributed by atoms with E-state index in [1.54, 1.807) is 12.1 Å². The van der Waals surface area contributed by atoms with Crippen molar-refractivity contribution in [1.29, 1.82) is 0 Å². The van der Waals surface area contributed by atoms with Crippen LogP contribution in [0.15, 0.2) is 59.0 Å². The van der Waals surface area contributed by atoms with Crippen LogP contribution < -0.4 is 4.72 Å². The molecular formula is C25H30N2O4S. The zero-order chi connectivity index (χ0) is 22.4. The van der Waals surface area contributed by atoms with E-state index in [0.29, 0.717) is 29.9 Å². The number of ketones is 1. The summed E-state index contributed by atoms with van der Waals surface area (Å²) in [7, 11) is -3.37. The van der Waals surface area contributed by atoms with Crippen LogP contribution >= 0.6 is 0 Å². The quantitative estimate of drug-likeness (QED) is 0.432. The van der Waals surface area contributed by atoms with Crippen LogP contribution in [0, 0.1) is 5.92 Å². The van der Waals surface area contributed by atoms with Crippen LogP contribution in [0.2, 0.25) is 0 Å². The first-order chi connectivity index (χ1) is 15.5. The van der Waals surface area contributed by atoms with Crippen LogP contribution in [0.25, 0.3) is 11.1 Å². The highest BCUT2D eigenvalue weighted by molar-refractivity contribution is 7.89. The normalized spacial score (nSPS) is 16.2. The third-order valence-electron chi connectivity index (χ3n) is 6.30. The number of nitrogens with one attached hydrogen (secondary N) is 1. The molecule has 3 aromatic rings. The van der Waals surface area contributed by atoms with Gasteiger partial charge in [0.2, 0.25) is 15.8 Å². The fraction of sp³-hybridized carbons (Fsp3) is 0.440. The van der Waals surface area contributed by atoms with E-state index in [1.807, 2.05) is 42.5 Å². The number of nitrogens with zero attached hydrogens (tertiary/aromatic N) is 1. The van der Waals surface area contributed by atoms with Crippen molar-refractivity contribution in [2.24, 2.45) is 5.92 Å². The second-order valence-corrected chi connectivity index (χ2v) is 10.5. The van der Waals surface area contributed by atoms with Gasteiger partial charge in [0, 0.05) is 6.54 Å². The lowest BCUT2D eigenvalue weighted by Crippen LogP contribution is -2.30. The van der Waals surface area contributed by atoms with E-state index in [1.165, 1.54) is 19.3 Å². The largest absolute Gasteiger partial charge is 0.434 e. The predicted octanol–water partition coefficient (Wildman–Crippen LogP) is 5.07. The number of oxazole rings is 1. The van der Waals surface area contributed by atoms with E-state index in [-0.39, 0.29) is 24.0 Å². The summed E-state index contributed by atoms with van der Waals surface area (Å²) < 4.78 is 33.4. The number of hydrogen-bond acceptors (Lipinski definition) is 5. The molecule has 1 unspecified atom stereocenters. The van der Waals surface area contributed by atoms with Crippen molar-refractivity contribution in [2.45, 2.75) is 50.9 Å². The summed E-state index contributed by atoms with van der Waals surface area (Å²) in [4.78, 5) is 17.6. The van der Waals surface area contributed by atoms with Gasteiger partial charge in [-0.15, -0.1) is 0 Å². The Hall–Kier alpha value is -2.51. The molecule has 0 amide bonds. The Labute approximate surface area is 189 Å². The van der Waals surface area contributed by atoms with Gasteiger partial charge in [0.05, 0.1) is 11.7 Å². The molecule has 0 saturated heterocycles. The third-order valence-corrected chi connectivity index (χ3v) is 7.71. The Morgan fingerprint density at radius 2 is 1.75 bits per heavy atom. The lowest BCUT2D eigenvalue weighted by Gasteiger charge is -2.21. The van der Waals surface area contributed by atoms with E-state index in [4.69, 9.17) is 4.42 Å². The highest BCUT2D eigenvalue weighted by Crippen LogP contribution is 2.27. The van der Waals surface area contributed by atoms with Crippen molar-refractivity contribution in [3.63, 3.8) is 0 Å². The molecule has 1 aromatic heterocycles. The molecule has 1 fully saturated rings. The Morgan fingerprint density at radius 3 is 2.50 bits per heavy atom. The highest BCUT2D eigenvalue weighted by Gasteiger charge is 2.27. The van der Waals surface area contributed by atoms with Crippen LogP contribution in [-0.2, 0) is 10.0 Å². The number of carbonyl (C=O) groups is 1. The van der Waals surface area contributed by atoms with E-state index >= 15 is 0 Å². The second kappa shape index (κ2) is 10.4. The van der Waals surface area contributed by atoms with Crippen molar-refractivity contribution in [1.82, 2.24) is 9.71 Å². The van der Waals surface area contributed by atoms with Gasteiger partial charge in [-0.05, 0) is 36.5 Å². The van der Waals surface area contributed by atoms with E-state index in [9.17, 15) is 13.2 Å². The number of rotatable bonds is 10. The number of fused-ring (bicyclic) bond motifs is 1. The summed E-state index contributed by atoms with van der Waals surface area (Å²) in [5.74, 6) is -0.0651. The average molecular weight is 455 g/mol. The number of sulfonamides is 1. The molecular weight excluding hydrogens is 424 g/mol. The maximum absolute atomic E-state index is 13.3. The first kappa shape index (κ1) is 22.7. The molecule has 7 heteroatoms. The molecule has 0 spiro atoms. The average Bonchev–Trinajstić information content (AvgIpc) is 3.26. The number of aromatic nitrogens is 1. The van der Waals surface area contributed by atoms with Crippen LogP contribution in [-0.4, -0.2) is 31.5 Å². The molecule has 1 heterocycles. The first-order valence-corrected chi connectivity index (χ1v) is 13.1. The predicted molar refractivity (Wildman–Crippen MR) is 125 cm³/mol. The Morgan fingerprint density at radius 1 is 1.03 bits per heavy atom. The first-order valence-electron chi connectivity index (χ1n) is 11.4. The Bertz CT molecular complexity index is 1100. The SMILES string of the molecule is O=C(c1nc2ccccc2o1)C(CCNS(=O)(=O)CCC1CCCCC1)c1ccccc1. The minimum absolute atomic E-state index is 0.0557. The minimum Gasteiger partial charge on any atom is -0.434 e. The van der Waals surface area contributed by atoms with Crippen LogP contribution in [0.3, 0.4) is 0 Å². The smallest absolute Gasteiger partial charge is 0.264 e. The molecule has 32 heavy (non-hydrogen) atoms. The summed E-state index contributed by atoms with van der Waals surface area (Å²) in [6, 6.07) is 16.6. The molecule has 1 saturated carbocycles. The van der Waals surface area contributed by atoms with E-state index < -0.39 is 15.9 Å². The molecule has 1 aliphatic rings. The number of carbonyl (C=O) groups excluding carboxylic acids is 1. The fourth-order valence-corrected chi connectivity index (χ4v) is 5.71. The number of Topliss-reactive ketones (excluding diaryl/α,β-unsaturated/α-hetero) is 1. The molecule has 1 aliphatic carbocycles. The molecule has 1 N–H and O–H groups in total. The summed E-state index contributed by atoms with van der Waals surface area (Å²) in [5.41, 5.74) is 2.01. The summed E-state index contributed by atoms with van der Waals surface area (Å²) in [5, 5.41) is 0. The topological polar surface area (TPSA) is 89.3 Å². The van der Waals surface area contributed by atoms with Gasteiger partial charge in [-0.3, -0.25) is 4.79 Å². The van der Waals surface area contributed by atoms with E-state index in [2.05, 4.69) is 9.71 Å². The summed E-state index contributed by atoms with van der Waals surface area (Å²) in [6.45, 7) is 0.193. The number of para-hydroxylation sites is 2. The number of hydrogen-bond donors (Lipinski definition) is 1. The molecule has 1 atom stereocenters. The van der Waals surface area contributed by atoms with Crippen LogP contribution in [0.4, 0.5) is 0 Å². The molecule has 0 bridgehead atoms. The monoisotopic (exact) mass is 454 g/mol. The molecule has 0 radical (unpaired) electrons. The maximum atomic E-state index is 13.3. The molecule has 170 valence electrons. The molecule has 4 rings (SSSR count). The molecule has 6 nitrogen and oxygen atoms in total. The maximum Gasteiger partial charge on any atom is 0.264 e. The molecule has 2 aromatic carbocycles. The third kappa shape index (κ3) is 5.84. The summed E-state index contributed by atoms with van der Waals surface area (Å²) >= 11 is 0. The van der Waals surface area contributed by atoms with Gasteiger partial charge in [0.15, 0.2) is 5.58 Å². The Kier molecular flexibility index (Phi) is 7.37. The van der Waals surface area contributed by atoms with Gasteiger partial charge in [0.25, 0.3) is 5.89 Å². The lowest BCUT2D eigenvalue weighted by molar-refractivity contribution is 0.0923. The lowest BCUT2D eigenvalue weighted by atomic mass is 9.88. The summed E-state index contributed by atoms with van der Waals surface area (Å²) in [6.07, 6.45) is 6.97. The zero-order valence-corrected chi connectivity index (χ0v) is 19.0. The van der Waals surface area contributed by atoms with Gasteiger partial charge in [-0.2, -0.15) is 0 Å². The van der Waals surface area contributed by atoms with Crippen molar-refractivity contribution in [3.05, 3.63) is 66.1 Å². The van der Waals surface area contributed by atoms with Gasteiger partial charge in [-0.1, -0.05) is 74.6 Å². The van der Waals surface area contributed by atoms with Crippen molar-refractivity contribution in [3.8, 4) is 0 Å². The van der Waals surface area contributed by atoms with Crippen molar-refractivity contribution in [2.75, 3.05) is 12.3 Å². The minimum atomic E-state index is -3.37. The van der Waals surface area contributed by atoms with Crippen LogP contribution in [0.5, 0.6) is 0 Å². The zero-order valence-electron chi connectivity index (χ0n) is 18.2. The fourth-order valence-electron chi connectivity index (χ4n) is 4.49. The van der Waals surface area contributed by atoms with E-state index in [0.717, 1.165) is 18.4 Å². The Balaban J connectivity index is 1.41. The van der Waals surface area contributed by atoms with Crippen molar-refractivity contribution < 1.29 is 17.6 Å². The molecule has 0 aliphatic heterocycles. The second-order valence-electron chi connectivity index (χ2n) is 8.61. The highest BCUT2D eigenvalue weighted by atomic mass is 32.2.